The topological polar surface area (TPSA) is 47.3 Å². The quantitative estimate of drug-likeness (QED) is 0.745. The van der Waals surface area contributed by atoms with Crippen molar-refractivity contribution in [3.8, 4) is 6.07 Å². The van der Waals surface area contributed by atoms with Crippen LogP contribution in [-0.4, -0.2) is 52.4 Å². The smallest absolute Gasteiger partial charge is 0.232 e. The summed E-state index contributed by atoms with van der Waals surface area (Å²) in [6.45, 7) is 2.99. The van der Waals surface area contributed by atoms with Crippen molar-refractivity contribution >= 4 is 17.7 Å². The van der Waals surface area contributed by atoms with Gasteiger partial charge in [-0.15, -0.1) is 11.8 Å². The van der Waals surface area contributed by atoms with Crippen molar-refractivity contribution in [1.29, 1.82) is 5.26 Å². The van der Waals surface area contributed by atoms with Crippen LogP contribution < -0.4 is 0 Å². The van der Waals surface area contributed by atoms with Gasteiger partial charge in [-0.05, 0) is 37.8 Å². The first-order valence-corrected chi connectivity index (χ1v) is 9.97. The summed E-state index contributed by atoms with van der Waals surface area (Å²) < 4.78 is 0. The number of amides is 1. The van der Waals surface area contributed by atoms with Gasteiger partial charge in [0.05, 0.1) is 17.6 Å². The second kappa shape index (κ2) is 8.55. The highest BCUT2D eigenvalue weighted by molar-refractivity contribution is 8.00. The third-order valence-corrected chi connectivity index (χ3v) is 5.88. The van der Waals surface area contributed by atoms with E-state index in [0.717, 1.165) is 32.5 Å². The predicted octanol–water partition coefficient (Wildman–Crippen LogP) is 2.90. The molecule has 2 saturated heterocycles. The maximum absolute atomic E-state index is 12.5. The fourth-order valence-electron chi connectivity index (χ4n) is 4.07. The van der Waals surface area contributed by atoms with Crippen LogP contribution in [-0.2, 0) is 11.3 Å². The number of carbonyl (C=O) groups is 1. The lowest BCUT2D eigenvalue weighted by Gasteiger charge is -2.35. The molecule has 2 atom stereocenters. The Balaban J connectivity index is 1.62. The third-order valence-electron chi connectivity index (χ3n) is 5.10. The first-order valence-electron chi connectivity index (χ1n) is 8.81. The number of benzene rings is 1. The Hall–Kier alpha value is -1.51. The van der Waals surface area contributed by atoms with E-state index in [4.69, 9.17) is 5.26 Å². The van der Waals surface area contributed by atoms with Crippen molar-refractivity contribution in [2.24, 2.45) is 0 Å². The molecule has 1 aromatic rings. The van der Waals surface area contributed by atoms with Gasteiger partial charge in [0.2, 0.25) is 5.91 Å². The number of hydrogen-bond donors (Lipinski definition) is 0. The minimum atomic E-state index is 0.212. The molecule has 3 rings (SSSR count). The molecule has 2 aliphatic rings. The summed E-state index contributed by atoms with van der Waals surface area (Å²) in [6.07, 6.45) is 4.63. The fourth-order valence-corrected chi connectivity index (χ4v) is 4.60. The maximum Gasteiger partial charge on any atom is 0.232 e. The number of rotatable bonds is 6. The molecular weight excluding hydrogens is 318 g/mol. The van der Waals surface area contributed by atoms with Gasteiger partial charge < -0.3 is 4.90 Å². The molecule has 0 unspecified atom stereocenters. The lowest BCUT2D eigenvalue weighted by atomic mass is 10.0. The minimum Gasteiger partial charge on any atom is -0.337 e. The van der Waals surface area contributed by atoms with Crippen LogP contribution in [0.25, 0.3) is 0 Å². The van der Waals surface area contributed by atoms with Gasteiger partial charge >= 0.3 is 0 Å². The van der Waals surface area contributed by atoms with Crippen LogP contribution in [0.4, 0.5) is 0 Å². The highest BCUT2D eigenvalue weighted by Gasteiger charge is 2.39. The Bertz CT molecular complexity index is 586. The zero-order valence-corrected chi connectivity index (χ0v) is 14.9. The van der Waals surface area contributed by atoms with E-state index in [0.29, 0.717) is 23.6 Å². The molecule has 2 fully saturated rings. The van der Waals surface area contributed by atoms with Crippen LogP contribution in [0.15, 0.2) is 30.3 Å². The molecule has 0 N–H and O–H groups in total. The van der Waals surface area contributed by atoms with E-state index in [2.05, 4.69) is 46.2 Å². The monoisotopic (exact) mass is 343 g/mol. The summed E-state index contributed by atoms with van der Waals surface area (Å²) >= 11 is 1.43. The molecule has 0 aromatic heterocycles. The molecule has 2 aliphatic heterocycles. The number of carbonyl (C=O) groups excluding carboxylic acids is 1. The average Bonchev–Trinajstić information content (AvgIpc) is 3.24. The normalized spacial score (nSPS) is 24.2. The van der Waals surface area contributed by atoms with Gasteiger partial charge in [0.25, 0.3) is 0 Å². The van der Waals surface area contributed by atoms with Gasteiger partial charge in [0.1, 0.15) is 0 Å². The zero-order valence-electron chi connectivity index (χ0n) is 14.1. The molecular formula is C19H25N3OS. The Morgan fingerprint density at radius 1 is 1.17 bits per heavy atom. The zero-order chi connectivity index (χ0) is 16.8. The molecule has 24 heavy (non-hydrogen) atoms. The van der Waals surface area contributed by atoms with Crippen molar-refractivity contribution in [3.05, 3.63) is 35.9 Å². The van der Waals surface area contributed by atoms with Crippen LogP contribution in [0.5, 0.6) is 0 Å². The van der Waals surface area contributed by atoms with E-state index in [1.165, 1.54) is 30.2 Å². The highest BCUT2D eigenvalue weighted by Crippen LogP contribution is 2.31. The van der Waals surface area contributed by atoms with Gasteiger partial charge in [-0.2, -0.15) is 5.26 Å². The van der Waals surface area contributed by atoms with Gasteiger partial charge in [-0.25, -0.2) is 0 Å². The molecule has 1 amide bonds. The number of nitriles is 1. The molecule has 0 bridgehead atoms. The Labute approximate surface area is 148 Å². The maximum atomic E-state index is 12.5. The molecule has 0 saturated carbocycles. The van der Waals surface area contributed by atoms with E-state index in [1.807, 2.05) is 0 Å². The summed E-state index contributed by atoms with van der Waals surface area (Å²) in [7, 11) is 0. The van der Waals surface area contributed by atoms with Crippen LogP contribution in [0, 0.1) is 11.3 Å². The van der Waals surface area contributed by atoms with Crippen LogP contribution in [0.1, 0.15) is 31.2 Å². The van der Waals surface area contributed by atoms with Crippen LogP contribution >= 0.6 is 11.8 Å². The van der Waals surface area contributed by atoms with Crippen molar-refractivity contribution in [2.75, 3.05) is 24.6 Å². The Kier molecular flexibility index (Phi) is 6.17. The first kappa shape index (κ1) is 17.3. The number of hydrogen-bond acceptors (Lipinski definition) is 4. The summed E-state index contributed by atoms with van der Waals surface area (Å²) in [5, 5.41) is 8.64. The number of likely N-dealkylation sites (tertiary alicyclic amines) is 2. The molecule has 1 aromatic carbocycles. The number of nitrogens with zero attached hydrogens (tertiary/aromatic N) is 3. The van der Waals surface area contributed by atoms with Crippen LogP contribution in [0.3, 0.4) is 0 Å². The lowest BCUT2D eigenvalue weighted by molar-refractivity contribution is -0.130. The lowest BCUT2D eigenvalue weighted by Crippen LogP contribution is -2.48. The van der Waals surface area contributed by atoms with E-state index in [-0.39, 0.29) is 5.91 Å². The minimum absolute atomic E-state index is 0.212. The van der Waals surface area contributed by atoms with Gasteiger partial charge in [-0.3, -0.25) is 9.69 Å². The fraction of sp³-hybridized carbons (Fsp3) is 0.579. The highest BCUT2D eigenvalue weighted by atomic mass is 32.2. The third kappa shape index (κ3) is 4.12. The van der Waals surface area contributed by atoms with Crippen molar-refractivity contribution in [2.45, 2.75) is 44.3 Å². The molecule has 0 radical (unpaired) electrons. The molecule has 4 nitrogen and oxygen atoms in total. The van der Waals surface area contributed by atoms with Gasteiger partial charge in [-0.1, -0.05) is 30.3 Å². The molecule has 0 spiro atoms. The first-order chi connectivity index (χ1) is 11.8. The van der Waals surface area contributed by atoms with Gasteiger partial charge in [0, 0.05) is 25.2 Å². The molecule has 2 heterocycles. The van der Waals surface area contributed by atoms with Crippen LogP contribution in [0.2, 0.25) is 0 Å². The predicted molar refractivity (Wildman–Crippen MR) is 97.5 cm³/mol. The molecule has 128 valence electrons. The second-order valence-corrected chi connectivity index (χ2v) is 7.60. The summed E-state index contributed by atoms with van der Waals surface area (Å²) in [5.74, 6) is 1.05. The van der Waals surface area contributed by atoms with Crippen molar-refractivity contribution in [3.63, 3.8) is 0 Å². The summed E-state index contributed by atoms with van der Waals surface area (Å²) in [4.78, 5) is 17.2. The van der Waals surface area contributed by atoms with E-state index in [9.17, 15) is 4.79 Å². The summed E-state index contributed by atoms with van der Waals surface area (Å²) in [5.41, 5.74) is 1.35. The average molecular weight is 343 g/mol. The summed E-state index contributed by atoms with van der Waals surface area (Å²) in [6, 6.07) is 13.6. The largest absolute Gasteiger partial charge is 0.337 e. The van der Waals surface area contributed by atoms with E-state index < -0.39 is 0 Å². The van der Waals surface area contributed by atoms with Crippen molar-refractivity contribution < 1.29 is 4.79 Å². The second-order valence-electron chi connectivity index (χ2n) is 6.61. The van der Waals surface area contributed by atoms with Crippen molar-refractivity contribution in [1.82, 2.24) is 9.80 Å². The Morgan fingerprint density at radius 3 is 2.71 bits per heavy atom. The van der Waals surface area contributed by atoms with E-state index in [1.54, 1.807) is 0 Å². The van der Waals surface area contributed by atoms with Gasteiger partial charge in [0.15, 0.2) is 0 Å². The SMILES string of the molecule is N#CCSCC(=O)N1CCC[C@H]1[C@H]1CCCN1Cc1ccccc1. The molecule has 5 heteroatoms. The standard InChI is InChI=1S/C19H25N3OS/c20-10-13-24-15-19(23)22-12-5-9-18(22)17-8-4-11-21(17)14-16-6-2-1-3-7-16/h1-3,6-7,17-18H,4-5,8-9,11-15H2/t17-,18+/m1/s1. The Morgan fingerprint density at radius 2 is 1.92 bits per heavy atom. The van der Waals surface area contributed by atoms with E-state index >= 15 is 0 Å². The number of thioether (sulfide) groups is 1. The molecule has 0 aliphatic carbocycles.